The lowest BCUT2D eigenvalue weighted by atomic mass is 10.2. The predicted molar refractivity (Wildman–Crippen MR) is 102 cm³/mol. The SMILES string of the molecule is C[C@@H](NC(=O)c1ccc2nc(-n3cccc3)sc2c1)C(=O)N1CCCC1. The van der Waals surface area contributed by atoms with Crippen molar-refractivity contribution in [1.29, 1.82) is 0 Å². The van der Waals surface area contributed by atoms with E-state index in [1.54, 1.807) is 13.0 Å². The molecule has 3 heterocycles. The number of fused-ring (bicyclic) bond motifs is 1. The Labute approximate surface area is 155 Å². The van der Waals surface area contributed by atoms with Crippen LogP contribution in [-0.4, -0.2) is 45.4 Å². The molecule has 1 aliphatic heterocycles. The third kappa shape index (κ3) is 3.22. The molecule has 2 aromatic heterocycles. The van der Waals surface area contributed by atoms with Crippen molar-refractivity contribution < 1.29 is 9.59 Å². The second-order valence-corrected chi connectivity index (χ2v) is 7.51. The number of rotatable bonds is 4. The molecule has 7 heteroatoms. The lowest BCUT2D eigenvalue weighted by Crippen LogP contribution is -2.45. The zero-order valence-electron chi connectivity index (χ0n) is 14.5. The fourth-order valence-electron chi connectivity index (χ4n) is 3.18. The van der Waals surface area contributed by atoms with Gasteiger partial charge < -0.3 is 14.8 Å². The van der Waals surface area contributed by atoms with Crippen LogP contribution in [0.3, 0.4) is 0 Å². The minimum Gasteiger partial charge on any atom is -0.341 e. The smallest absolute Gasteiger partial charge is 0.251 e. The normalized spacial score (nSPS) is 15.3. The van der Waals surface area contributed by atoms with Crippen LogP contribution < -0.4 is 5.32 Å². The molecule has 1 aromatic carbocycles. The second-order valence-electron chi connectivity index (χ2n) is 6.50. The molecule has 1 aliphatic rings. The van der Waals surface area contributed by atoms with E-state index in [-0.39, 0.29) is 11.8 Å². The number of amides is 2. The number of hydrogen-bond donors (Lipinski definition) is 1. The second kappa shape index (κ2) is 6.92. The topological polar surface area (TPSA) is 67.2 Å². The summed E-state index contributed by atoms with van der Waals surface area (Å²) in [5, 5.41) is 3.68. The molecule has 134 valence electrons. The van der Waals surface area contributed by atoms with Crippen molar-refractivity contribution in [2.45, 2.75) is 25.8 Å². The van der Waals surface area contributed by atoms with E-state index in [9.17, 15) is 9.59 Å². The Morgan fingerprint density at radius 2 is 1.92 bits per heavy atom. The lowest BCUT2D eigenvalue weighted by Gasteiger charge is -2.21. The maximum Gasteiger partial charge on any atom is 0.251 e. The van der Waals surface area contributed by atoms with Crippen LogP contribution in [0.1, 0.15) is 30.1 Å². The minimum atomic E-state index is -0.520. The number of nitrogens with zero attached hydrogens (tertiary/aromatic N) is 3. The van der Waals surface area contributed by atoms with Crippen molar-refractivity contribution in [3.05, 3.63) is 48.3 Å². The average molecular weight is 368 g/mol. The summed E-state index contributed by atoms with van der Waals surface area (Å²) >= 11 is 1.53. The van der Waals surface area contributed by atoms with Gasteiger partial charge in [0.2, 0.25) is 5.91 Å². The first-order valence-electron chi connectivity index (χ1n) is 8.75. The summed E-state index contributed by atoms with van der Waals surface area (Å²) in [5.41, 5.74) is 1.40. The van der Waals surface area contributed by atoms with Crippen LogP contribution in [0.5, 0.6) is 0 Å². The summed E-state index contributed by atoms with van der Waals surface area (Å²) in [4.78, 5) is 31.3. The molecule has 0 saturated carbocycles. The third-order valence-corrected chi connectivity index (χ3v) is 5.63. The molecule has 1 fully saturated rings. The molecule has 2 amide bonds. The molecule has 0 unspecified atom stereocenters. The van der Waals surface area contributed by atoms with Crippen LogP contribution in [0, 0.1) is 0 Å². The van der Waals surface area contributed by atoms with Crippen LogP contribution >= 0.6 is 11.3 Å². The molecule has 3 aromatic rings. The predicted octanol–water partition coefficient (Wildman–Crippen LogP) is 2.83. The van der Waals surface area contributed by atoms with Gasteiger partial charge in [0.25, 0.3) is 5.91 Å². The molecule has 0 spiro atoms. The summed E-state index contributed by atoms with van der Waals surface area (Å²) in [5.74, 6) is -0.243. The van der Waals surface area contributed by atoms with E-state index in [0.29, 0.717) is 5.56 Å². The van der Waals surface area contributed by atoms with Crippen molar-refractivity contribution in [3.8, 4) is 5.13 Å². The largest absolute Gasteiger partial charge is 0.341 e. The molecule has 26 heavy (non-hydrogen) atoms. The van der Waals surface area contributed by atoms with Gasteiger partial charge in [-0.1, -0.05) is 11.3 Å². The minimum absolute atomic E-state index is 0.00962. The van der Waals surface area contributed by atoms with Crippen LogP contribution in [-0.2, 0) is 4.79 Å². The Kier molecular flexibility index (Phi) is 4.46. The maximum atomic E-state index is 12.6. The van der Waals surface area contributed by atoms with E-state index in [0.717, 1.165) is 41.3 Å². The maximum absolute atomic E-state index is 12.6. The van der Waals surface area contributed by atoms with Gasteiger partial charge >= 0.3 is 0 Å². The lowest BCUT2D eigenvalue weighted by molar-refractivity contribution is -0.131. The van der Waals surface area contributed by atoms with Crippen LogP contribution in [0.2, 0.25) is 0 Å². The Bertz CT molecular complexity index is 942. The first kappa shape index (κ1) is 16.8. The fraction of sp³-hybridized carbons (Fsp3) is 0.316. The molecule has 0 bridgehead atoms. The first-order chi connectivity index (χ1) is 12.6. The molecule has 1 atom stereocenters. The summed E-state index contributed by atoms with van der Waals surface area (Å²) < 4.78 is 2.89. The van der Waals surface area contributed by atoms with Gasteiger partial charge in [0.15, 0.2) is 5.13 Å². The number of nitrogens with one attached hydrogen (secondary N) is 1. The summed E-state index contributed by atoms with van der Waals surface area (Å²) in [6, 6.07) is 8.81. The van der Waals surface area contributed by atoms with Crippen molar-refractivity contribution >= 4 is 33.4 Å². The Hall–Kier alpha value is -2.67. The molecule has 4 rings (SSSR count). The fourth-order valence-corrected chi connectivity index (χ4v) is 4.15. The van der Waals surface area contributed by atoms with Gasteiger partial charge in [-0.3, -0.25) is 9.59 Å². The van der Waals surface area contributed by atoms with Gasteiger partial charge in [0.05, 0.1) is 10.2 Å². The van der Waals surface area contributed by atoms with Gasteiger partial charge in [-0.25, -0.2) is 4.98 Å². The molecular formula is C19H20N4O2S. The number of thiazole rings is 1. The van der Waals surface area contributed by atoms with E-state index in [2.05, 4.69) is 10.3 Å². The summed E-state index contributed by atoms with van der Waals surface area (Å²) in [7, 11) is 0. The van der Waals surface area contributed by atoms with Crippen molar-refractivity contribution in [2.75, 3.05) is 13.1 Å². The van der Waals surface area contributed by atoms with Gasteiger partial charge in [-0.05, 0) is 50.1 Å². The van der Waals surface area contributed by atoms with E-state index >= 15 is 0 Å². The van der Waals surface area contributed by atoms with Crippen LogP contribution in [0.25, 0.3) is 15.3 Å². The highest BCUT2D eigenvalue weighted by atomic mass is 32.1. The number of carbonyl (C=O) groups is 2. The number of likely N-dealkylation sites (tertiary alicyclic amines) is 1. The molecule has 1 N–H and O–H groups in total. The average Bonchev–Trinajstić information content (AvgIpc) is 3.41. The molecule has 6 nitrogen and oxygen atoms in total. The van der Waals surface area contributed by atoms with E-state index in [4.69, 9.17) is 0 Å². The first-order valence-corrected chi connectivity index (χ1v) is 9.57. The molecule has 0 radical (unpaired) electrons. The van der Waals surface area contributed by atoms with Gasteiger partial charge in [0.1, 0.15) is 6.04 Å². The number of benzene rings is 1. The summed E-state index contributed by atoms with van der Waals surface area (Å²) in [6.45, 7) is 3.32. The van der Waals surface area contributed by atoms with Crippen LogP contribution in [0.4, 0.5) is 0 Å². The van der Waals surface area contributed by atoms with Gasteiger partial charge in [-0.15, -0.1) is 0 Å². The number of aromatic nitrogens is 2. The number of carbonyl (C=O) groups excluding carboxylic acids is 2. The highest BCUT2D eigenvalue weighted by Crippen LogP contribution is 2.26. The van der Waals surface area contributed by atoms with Crippen molar-refractivity contribution in [1.82, 2.24) is 19.8 Å². The third-order valence-electron chi connectivity index (χ3n) is 4.60. The molecule has 1 saturated heterocycles. The zero-order valence-corrected chi connectivity index (χ0v) is 15.3. The quantitative estimate of drug-likeness (QED) is 0.770. The monoisotopic (exact) mass is 368 g/mol. The van der Waals surface area contributed by atoms with E-state index in [1.807, 2.05) is 46.1 Å². The van der Waals surface area contributed by atoms with Crippen LogP contribution in [0.15, 0.2) is 42.7 Å². The van der Waals surface area contributed by atoms with E-state index < -0.39 is 6.04 Å². The summed E-state index contributed by atoms with van der Waals surface area (Å²) in [6.07, 6.45) is 5.96. The molecule has 0 aliphatic carbocycles. The highest BCUT2D eigenvalue weighted by molar-refractivity contribution is 7.20. The Balaban J connectivity index is 1.50. The van der Waals surface area contributed by atoms with Crippen molar-refractivity contribution in [2.24, 2.45) is 0 Å². The van der Waals surface area contributed by atoms with Gasteiger partial charge in [0, 0.05) is 31.0 Å². The highest BCUT2D eigenvalue weighted by Gasteiger charge is 2.24. The number of hydrogen-bond acceptors (Lipinski definition) is 4. The Morgan fingerprint density at radius 3 is 2.65 bits per heavy atom. The van der Waals surface area contributed by atoms with Gasteiger partial charge in [-0.2, -0.15) is 0 Å². The Morgan fingerprint density at radius 1 is 1.19 bits per heavy atom. The zero-order chi connectivity index (χ0) is 18.1. The molecular weight excluding hydrogens is 348 g/mol. The standard InChI is InChI=1S/C19H20N4O2S/c1-13(18(25)22-8-2-3-9-22)20-17(24)14-6-7-15-16(12-14)26-19(21-15)23-10-4-5-11-23/h4-7,10-13H,2-3,8-9H2,1H3,(H,20,24)/t13-/m1/s1. The van der Waals surface area contributed by atoms with E-state index in [1.165, 1.54) is 11.3 Å². The van der Waals surface area contributed by atoms with Crippen molar-refractivity contribution in [3.63, 3.8) is 0 Å².